The standard InChI is InChI=1S/C30H49N7O16/c1-5-12(2)23(37-28(50)22(31)14(4)39)29(51)32-13(3)24(46)36-18(11-38)27(49)35-17(10-21(44)45)26(48)33-15(6-8-19(40)41)25(47)34-16(30(52)53)7-9-20(42)43/h12-18,22-23,38-39H,5-11,31H2,1-4H3,(H,32,51)(H,33,48)(H,34,47)(H,35,49)(H,36,46)(H,37,50)(H,40,41)(H,42,43)(H,44,45)(H,52,53)/t12-,13-,14+,15-,16-,17-,18-,22-,23-/m0/s1. The first-order valence-corrected chi connectivity index (χ1v) is 16.3. The molecule has 0 aromatic rings. The fourth-order valence-electron chi connectivity index (χ4n) is 4.29. The van der Waals surface area contributed by atoms with Gasteiger partial charge in [-0.25, -0.2) is 4.79 Å². The summed E-state index contributed by atoms with van der Waals surface area (Å²) in [6.07, 6.45) is -4.66. The lowest BCUT2D eigenvalue weighted by molar-refractivity contribution is -0.145. The first-order valence-electron chi connectivity index (χ1n) is 16.3. The summed E-state index contributed by atoms with van der Waals surface area (Å²) in [6.45, 7) is 4.68. The van der Waals surface area contributed by atoms with Gasteiger partial charge in [0.2, 0.25) is 35.4 Å². The SMILES string of the molecule is CC[C@H](C)[C@H](NC(=O)[C@@H](N)[C@@H](C)O)C(=O)N[C@@H](C)C(=O)N[C@@H](CO)C(=O)N[C@@H](CC(=O)O)C(=O)N[C@@H](CCC(=O)O)C(=O)N[C@@H](CCC(=O)O)C(=O)O. The average molecular weight is 764 g/mol. The predicted octanol–water partition coefficient (Wildman–Crippen LogP) is -5.05. The Balaban J connectivity index is 5.90. The molecule has 6 amide bonds. The van der Waals surface area contributed by atoms with Gasteiger partial charge in [0.15, 0.2) is 0 Å². The molecule has 14 N–H and O–H groups in total. The third-order valence-corrected chi connectivity index (χ3v) is 7.74. The van der Waals surface area contributed by atoms with Crippen LogP contribution in [0.5, 0.6) is 0 Å². The number of carboxylic acids is 4. The molecule has 0 bridgehead atoms. The minimum Gasteiger partial charge on any atom is -0.481 e. The normalized spacial score (nSPS) is 16.0. The molecule has 23 nitrogen and oxygen atoms in total. The van der Waals surface area contributed by atoms with Crippen molar-refractivity contribution in [1.29, 1.82) is 0 Å². The van der Waals surface area contributed by atoms with Crippen molar-refractivity contribution < 1.29 is 78.6 Å². The zero-order valence-electron chi connectivity index (χ0n) is 29.5. The number of aliphatic hydroxyl groups is 2. The highest BCUT2D eigenvalue weighted by molar-refractivity contribution is 5.98. The summed E-state index contributed by atoms with van der Waals surface area (Å²) < 4.78 is 0. The zero-order valence-corrected chi connectivity index (χ0v) is 29.5. The Hall–Kier alpha value is -5.42. The number of hydrogen-bond donors (Lipinski definition) is 13. The highest BCUT2D eigenvalue weighted by atomic mass is 16.4. The summed E-state index contributed by atoms with van der Waals surface area (Å²) in [5, 5.41) is 68.9. The predicted molar refractivity (Wildman–Crippen MR) is 177 cm³/mol. The van der Waals surface area contributed by atoms with Gasteiger partial charge >= 0.3 is 23.9 Å². The summed E-state index contributed by atoms with van der Waals surface area (Å²) in [7, 11) is 0. The Bertz CT molecular complexity index is 1360. The van der Waals surface area contributed by atoms with E-state index < -0.39 is 152 Å². The van der Waals surface area contributed by atoms with Crippen LogP contribution in [0.15, 0.2) is 0 Å². The number of nitrogens with two attached hydrogens (primary N) is 1. The minimum absolute atomic E-state index is 0.390. The second kappa shape index (κ2) is 23.2. The van der Waals surface area contributed by atoms with Crippen LogP contribution in [0.4, 0.5) is 0 Å². The Morgan fingerprint density at radius 2 is 1.02 bits per heavy atom. The Morgan fingerprint density at radius 1 is 0.566 bits per heavy atom. The van der Waals surface area contributed by atoms with E-state index in [0.717, 1.165) is 0 Å². The summed E-state index contributed by atoms with van der Waals surface area (Å²) in [5.74, 6) is -13.3. The molecule has 0 radical (unpaired) electrons. The number of carbonyl (C=O) groups excluding carboxylic acids is 6. The fourth-order valence-corrected chi connectivity index (χ4v) is 4.29. The van der Waals surface area contributed by atoms with E-state index in [-0.39, 0.29) is 0 Å². The number of aliphatic hydroxyl groups excluding tert-OH is 2. The van der Waals surface area contributed by atoms with E-state index in [1.54, 1.807) is 13.8 Å². The lowest BCUT2D eigenvalue weighted by Gasteiger charge is -2.27. The van der Waals surface area contributed by atoms with Crippen LogP contribution in [0, 0.1) is 5.92 Å². The van der Waals surface area contributed by atoms with Gasteiger partial charge in [-0.05, 0) is 32.6 Å². The van der Waals surface area contributed by atoms with E-state index in [2.05, 4.69) is 16.0 Å². The molecule has 0 rings (SSSR count). The number of carbonyl (C=O) groups is 10. The number of rotatable bonds is 25. The molecule has 0 fully saturated rings. The molecule has 0 aromatic carbocycles. The molecule has 9 atom stereocenters. The lowest BCUT2D eigenvalue weighted by Crippen LogP contribution is -2.61. The van der Waals surface area contributed by atoms with Gasteiger partial charge in [0, 0.05) is 12.8 Å². The summed E-state index contributed by atoms with van der Waals surface area (Å²) in [4.78, 5) is 122. The van der Waals surface area contributed by atoms with Crippen LogP contribution in [-0.4, -0.2) is 145 Å². The van der Waals surface area contributed by atoms with Gasteiger partial charge in [0.25, 0.3) is 0 Å². The van der Waals surface area contributed by atoms with Gasteiger partial charge in [-0.15, -0.1) is 0 Å². The number of aliphatic carboxylic acids is 4. The van der Waals surface area contributed by atoms with Gasteiger partial charge in [-0.1, -0.05) is 20.3 Å². The maximum absolute atomic E-state index is 13.1. The van der Waals surface area contributed by atoms with E-state index in [9.17, 15) is 68.4 Å². The van der Waals surface area contributed by atoms with Gasteiger partial charge < -0.3 is 68.3 Å². The fraction of sp³-hybridized carbons (Fsp3) is 0.667. The second-order valence-corrected chi connectivity index (χ2v) is 12.1. The quantitative estimate of drug-likeness (QED) is 0.0414. The van der Waals surface area contributed by atoms with E-state index in [4.69, 9.17) is 15.9 Å². The van der Waals surface area contributed by atoms with E-state index in [1.807, 2.05) is 16.0 Å². The molecule has 0 saturated heterocycles. The highest BCUT2D eigenvalue weighted by Gasteiger charge is 2.34. The van der Waals surface area contributed by atoms with Crippen molar-refractivity contribution in [3.63, 3.8) is 0 Å². The summed E-state index contributed by atoms with van der Waals surface area (Å²) in [5.41, 5.74) is 5.63. The van der Waals surface area contributed by atoms with Crippen molar-refractivity contribution >= 4 is 59.3 Å². The first-order chi connectivity index (χ1) is 24.5. The molecule has 0 aliphatic heterocycles. The molecule has 0 aliphatic rings. The first kappa shape index (κ1) is 47.6. The molecule has 0 heterocycles. The molecule has 0 aliphatic carbocycles. The van der Waals surface area contributed by atoms with Crippen molar-refractivity contribution in [3.8, 4) is 0 Å². The van der Waals surface area contributed by atoms with Gasteiger partial charge in [0.1, 0.15) is 42.3 Å². The van der Waals surface area contributed by atoms with Crippen molar-refractivity contribution in [2.75, 3.05) is 6.61 Å². The maximum Gasteiger partial charge on any atom is 0.326 e. The zero-order chi connectivity index (χ0) is 41.2. The van der Waals surface area contributed by atoms with E-state index >= 15 is 0 Å². The van der Waals surface area contributed by atoms with Crippen LogP contribution < -0.4 is 37.6 Å². The average Bonchev–Trinajstić information content (AvgIpc) is 3.07. The largest absolute Gasteiger partial charge is 0.481 e. The molecule has 0 aromatic heterocycles. The molecule has 0 spiro atoms. The monoisotopic (exact) mass is 763 g/mol. The van der Waals surface area contributed by atoms with Gasteiger partial charge in [0.05, 0.1) is 19.1 Å². The van der Waals surface area contributed by atoms with Crippen molar-refractivity contribution in [1.82, 2.24) is 31.9 Å². The molecule has 0 unspecified atom stereocenters. The molecule has 0 saturated carbocycles. The van der Waals surface area contributed by atoms with Crippen molar-refractivity contribution in [2.24, 2.45) is 11.7 Å². The van der Waals surface area contributed by atoms with Crippen LogP contribution in [-0.2, 0) is 47.9 Å². The summed E-state index contributed by atoms with van der Waals surface area (Å²) >= 11 is 0. The Labute approximate surface area is 302 Å². The number of nitrogens with one attached hydrogen (secondary N) is 6. The molecule has 53 heavy (non-hydrogen) atoms. The minimum atomic E-state index is -2.02. The maximum atomic E-state index is 13.1. The van der Waals surface area contributed by atoms with Crippen LogP contribution in [0.2, 0.25) is 0 Å². The molecule has 300 valence electrons. The molecular weight excluding hydrogens is 714 g/mol. The lowest BCUT2D eigenvalue weighted by atomic mass is 9.97. The number of amides is 6. The third-order valence-electron chi connectivity index (χ3n) is 7.74. The van der Waals surface area contributed by atoms with Gasteiger partial charge in [-0.3, -0.25) is 43.2 Å². The Morgan fingerprint density at radius 3 is 1.47 bits per heavy atom. The molecular formula is C30H49N7O16. The van der Waals surface area contributed by atoms with Crippen LogP contribution in [0.25, 0.3) is 0 Å². The molecule has 23 heteroatoms. The Kier molecular flexibility index (Phi) is 20.8. The summed E-state index contributed by atoms with van der Waals surface area (Å²) in [6, 6.07) is -11.4. The third kappa shape index (κ3) is 17.6. The van der Waals surface area contributed by atoms with E-state index in [1.165, 1.54) is 13.8 Å². The number of hydrogen-bond acceptors (Lipinski definition) is 13. The second-order valence-electron chi connectivity index (χ2n) is 12.1. The smallest absolute Gasteiger partial charge is 0.326 e. The van der Waals surface area contributed by atoms with E-state index in [0.29, 0.717) is 6.42 Å². The highest BCUT2D eigenvalue weighted by Crippen LogP contribution is 2.10. The van der Waals surface area contributed by atoms with Crippen LogP contribution >= 0.6 is 0 Å². The van der Waals surface area contributed by atoms with Crippen LogP contribution in [0.1, 0.15) is 66.2 Å². The topological polar surface area (TPSA) is 390 Å². The van der Waals surface area contributed by atoms with Crippen LogP contribution in [0.3, 0.4) is 0 Å². The van der Waals surface area contributed by atoms with Crippen molar-refractivity contribution in [3.05, 3.63) is 0 Å². The van der Waals surface area contributed by atoms with Crippen molar-refractivity contribution in [2.45, 2.75) is 115 Å². The van der Waals surface area contributed by atoms with Gasteiger partial charge in [-0.2, -0.15) is 0 Å². The number of carboxylic acid groups (broad SMARTS) is 4.